The molecule has 5 nitrogen and oxygen atoms in total. The summed E-state index contributed by atoms with van der Waals surface area (Å²) in [5.74, 6) is 0.857. The SMILES string of the molecule is COc1cc(CBr)c([N+](=O)[O-])cc1OCc1ccsc1. The highest BCUT2D eigenvalue weighted by Crippen LogP contribution is 2.36. The van der Waals surface area contributed by atoms with Gasteiger partial charge in [0.2, 0.25) is 0 Å². The van der Waals surface area contributed by atoms with Gasteiger partial charge in [-0.15, -0.1) is 0 Å². The number of nitro benzene ring substituents is 1. The molecule has 20 heavy (non-hydrogen) atoms. The Kier molecular flexibility index (Phi) is 4.97. The third-order valence-electron chi connectivity index (χ3n) is 2.68. The molecule has 0 saturated carbocycles. The molecule has 0 bridgehead atoms. The third kappa shape index (κ3) is 3.29. The molecule has 0 N–H and O–H groups in total. The van der Waals surface area contributed by atoms with E-state index in [1.165, 1.54) is 13.2 Å². The molecule has 0 unspecified atom stereocenters. The van der Waals surface area contributed by atoms with E-state index in [0.717, 1.165) is 5.56 Å². The number of benzene rings is 1. The lowest BCUT2D eigenvalue weighted by molar-refractivity contribution is -0.385. The van der Waals surface area contributed by atoms with Crippen molar-refractivity contribution in [3.8, 4) is 11.5 Å². The molecule has 0 aliphatic heterocycles. The molecular formula is C13H12BrNO4S. The minimum atomic E-state index is -0.423. The maximum atomic E-state index is 11.1. The second-order valence-electron chi connectivity index (χ2n) is 3.94. The number of nitrogens with zero attached hydrogens (tertiary/aromatic N) is 1. The smallest absolute Gasteiger partial charge is 0.277 e. The molecule has 0 atom stereocenters. The van der Waals surface area contributed by atoms with Crippen LogP contribution in [-0.2, 0) is 11.9 Å². The van der Waals surface area contributed by atoms with Crippen LogP contribution in [0.5, 0.6) is 11.5 Å². The van der Waals surface area contributed by atoms with Crippen LogP contribution in [-0.4, -0.2) is 12.0 Å². The van der Waals surface area contributed by atoms with E-state index in [9.17, 15) is 10.1 Å². The van der Waals surface area contributed by atoms with Crippen molar-refractivity contribution in [3.63, 3.8) is 0 Å². The fourth-order valence-corrected chi connectivity index (χ4v) is 2.78. The van der Waals surface area contributed by atoms with E-state index >= 15 is 0 Å². The molecular weight excluding hydrogens is 346 g/mol. The van der Waals surface area contributed by atoms with Crippen molar-refractivity contribution < 1.29 is 14.4 Å². The number of hydrogen-bond acceptors (Lipinski definition) is 5. The van der Waals surface area contributed by atoms with Crippen molar-refractivity contribution in [1.82, 2.24) is 0 Å². The van der Waals surface area contributed by atoms with E-state index in [-0.39, 0.29) is 5.69 Å². The highest BCUT2D eigenvalue weighted by Gasteiger charge is 2.19. The Hall–Kier alpha value is -1.60. The zero-order chi connectivity index (χ0) is 14.5. The van der Waals surface area contributed by atoms with Crippen molar-refractivity contribution in [2.24, 2.45) is 0 Å². The normalized spacial score (nSPS) is 10.3. The lowest BCUT2D eigenvalue weighted by Gasteiger charge is -2.11. The predicted molar refractivity (Wildman–Crippen MR) is 80.9 cm³/mol. The highest BCUT2D eigenvalue weighted by atomic mass is 79.9. The van der Waals surface area contributed by atoms with Gasteiger partial charge >= 0.3 is 0 Å². The van der Waals surface area contributed by atoms with Crippen LogP contribution in [0.3, 0.4) is 0 Å². The van der Waals surface area contributed by atoms with Gasteiger partial charge in [0.05, 0.1) is 18.1 Å². The van der Waals surface area contributed by atoms with Crippen molar-refractivity contribution >= 4 is 33.0 Å². The molecule has 0 radical (unpaired) electrons. The predicted octanol–water partition coefficient (Wildman–Crippen LogP) is 4.14. The summed E-state index contributed by atoms with van der Waals surface area (Å²) in [7, 11) is 1.51. The topological polar surface area (TPSA) is 61.6 Å². The molecule has 2 rings (SSSR count). The van der Waals surface area contributed by atoms with Crippen LogP contribution in [0.4, 0.5) is 5.69 Å². The molecule has 0 spiro atoms. The summed E-state index contributed by atoms with van der Waals surface area (Å²) in [5, 5.41) is 15.4. The van der Waals surface area contributed by atoms with Gasteiger partial charge in [0.25, 0.3) is 5.69 Å². The molecule has 106 valence electrons. The van der Waals surface area contributed by atoms with E-state index in [1.54, 1.807) is 17.4 Å². The van der Waals surface area contributed by atoms with Crippen LogP contribution in [0.2, 0.25) is 0 Å². The standard InChI is InChI=1S/C13H12BrNO4S/c1-18-12-4-10(6-14)11(15(16)17)5-13(12)19-7-9-2-3-20-8-9/h2-5,8H,6-7H2,1H3. The first-order valence-electron chi connectivity index (χ1n) is 5.71. The number of nitro groups is 1. The number of halogens is 1. The molecule has 0 aliphatic carbocycles. The first-order valence-corrected chi connectivity index (χ1v) is 7.77. The molecule has 2 aromatic rings. The van der Waals surface area contributed by atoms with Gasteiger partial charge in [0, 0.05) is 10.9 Å². The molecule has 0 amide bonds. The summed E-state index contributed by atoms with van der Waals surface area (Å²) >= 11 is 4.81. The Labute approximate surface area is 128 Å². The third-order valence-corrected chi connectivity index (χ3v) is 4.02. The number of methoxy groups -OCH3 is 1. The molecule has 0 fully saturated rings. The lowest BCUT2D eigenvalue weighted by Crippen LogP contribution is -2.00. The zero-order valence-corrected chi connectivity index (χ0v) is 13.1. The summed E-state index contributed by atoms with van der Waals surface area (Å²) in [4.78, 5) is 10.6. The van der Waals surface area contributed by atoms with Gasteiger partial charge in [-0.05, 0) is 28.5 Å². The zero-order valence-electron chi connectivity index (χ0n) is 10.7. The average Bonchev–Trinajstić information content (AvgIpc) is 2.97. The summed E-state index contributed by atoms with van der Waals surface area (Å²) < 4.78 is 10.9. The van der Waals surface area contributed by atoms with Gasteiger partial charge in [-0.1, -0.05) is 15.9 Å². The molecule has 1 aromatic heterocycles. The molecule has 0 aliphatic rings. The fourth-order valence-electron chi connectivity index (χ4n) is 1.68. The monoisotopic (exact) mass is 357 g/mol. The van der Waals surface area contributed by atoms with E-state index < -0.39 is 4.92 Å². The van der Waals surface area contributed by atoms with Gasteiger partial charge in [0.15, 0.2) is 11.5 Å². The average molecular weight is 358 g/mol. The molecule has 1 aromatic carbocycles. The second-order valence-corrected chi connectivity index (χ2v) is 5.28. The minimum absolute atomic E-state index is 0.0167. The summed E-state index contributed by atoms with van der Waals surface area (Å²) in [6.07, 6.45) is 0. The van der Waals surface area contributed by atoms with Crippen LogP contribution in [0, 0.1) is 10.1 Å². The summed E-state index contributed by atoms with van der Waals surface area (Å²) in [6.45, 7) is 0.352. The lowest BCUT2D eigenvalue weighted by atomic mass is 10.2. The number of alkyl halides is 1. The van der Waals surface area contributed by atoms with E-state index in [2.05, 4.69) is 15.9 Å². The van der Waals surface area contributed by atoms with Crippen LogP contribution in [0.1, 0.15) is 11.1 Å². The molecule has 0 saturated heterocycles. The van der Waals surface area contributed by atoms with E-state index in [1.807, 2.05) is 16.8 Å². The Morgan fingerprint density at radius 3 is 2.75 bits per heavy atom. The Morgan fingerprint density at radius 2 is 2.20 bits per heavy atom. The van der Waals surface area contributed by atoms with Crippen LogP contribution in [0.15, 0.2) is 29.0 Å². The maximum Gasteiger partial charge on any atom is 0.277 e. The van der Waals surface area contributed by atoms with Crippen molar-refractivity contribution in [1.29, 1.82) is 0 Å². The van der Waals surface area contributed by atoms with Gasteiger partial charge in [0.1, 0.15) is 6.61 Å². The molecule has 7 heteroatoms. The molecule has 1 heterocycles. The first kappa shape index (κ1) is 14.8. The first-order chi connectivity index (χ1) is 9.65. The second kappa shape index (κ2) is 6.71. The maximum absolute atomic E-state index is 11.1. The van der Waals surface area contributed by atoms with E-state index in [0.29, 0.717) is 29.0 Å². The van der Waals surface area contributed by atoms with Crippen molar-refractivity contribution in [2.45, 2.75) is 11.9 Å². The summed E-state index contributed by atoms with van der Waals surface area (Å²) in [5.41, 5.74) is 1.59. The summed E-state index contributed by atoms with van der Waals surface area (Å²) in [6, 6.07) is 4.97. The number of hydrogen-bond donors (Lipinski definition) is 0. The van der Waals surface area contributed by atoms with Gasteiger partial charge < -0.3 is 9.47 Å². The largest absolute Gasteiger partial charge is 0.493 e. The number of rotatable bonds is 6. The van der Waals surface area contributed by atoms with Crippen LogP contribution < -0.4 is 9.47 Å². The highest BCUT2D eigenvalue weighted by molar-refractivity contribution is 9.08. The fraction of sp³-hybridized carbons (Fsp3) is 0.231. The van der Waals surface area contributed by atoms with Crippen LogP contribution in [0.25, 0.3) is 0 Å². The Balaban J connectivity index is 2.30. The van der Waals surface area contributed by atoms with Gasteiger partial charge in [-0.25, -0.2) is 0 Å². The van der Waals surface area contributed by atoms with Gasteiger partial charge in [-0.3, -0.25) is 10.1 Å². The van der Waals surface area contributed by atoms with E-state index in [4.69, 9.17) is 9.47 Å². The minimum Gasteiger partial charge on any atom is -0.493 e. The quantitative estimate of drug-likeness (QED) is 0.442. The number of thiophene rings is 1. The van der Waals surface area contributed by atoms with Crippen molar-refractivity contribution in [2.75, 3.05) is 7.11 Å². The Bertz CT molecular complexity index is 601. The Morgan fingerprint density at radius 1 is 1.40 bits per heavy atom. The number of ether oxygens (including phenoxy) is 2. The van der Waals surface area contributed by atoms with Gasteiger partial charge in [-0.2, -0.15) is 11.3 Å². The van der Waals surface area contributed by atoms with Crippen LogP contribution >= 0.6 is 27.3 Å². The van der Waals surface area contributed by atoms with Crippen molar-refractivity contribution in [3.05, 3.63) is 50.2 Å².